The number of aliphatic hydroxyl groups excluding tert-OH is 1. The predicted molar refractivity (Wildman–Crippen MR) is 48.5 cm³/mol. The average molecular weight is 184 g/mol. The van der Waals surface area contributed by atoms with E-state index in [0.717, 1.165) is 17.2 Å². The summed E-state index contributed by atoms with van der Waals surface area (Å²) < 4.78 is 0. The lowest BCUT2D eigenvalue weighted by Gasteiger charge is -2.09. The molecule has 1 aliphatic rings. The number of rotatable bonds is 1. The molecule has 66 valence electrons. The molecule has 0 bridgehead atoms. The van der Waals surface area contributed by atoms with Gasteiger partial charge in [0, 0.05) is 24.4 Å². The van der Waals surface area contributed by atoms with Crippen molar-refractivity contribution in [2.45, 2.75) is 18.9 Å². The van der Waals surface area contributed by atoms with Crippen molar-refractivity contribution < 1.29 is 5.11 Å². The van der Waals surface area contributed by atoms with Crippen molar-refractivity contribution in [3.63, 3.8) is 0 Å². The van der Waals surface area contributed by atoms with E-state index < -0.39 is 0 Å². The smallest absolute Gasteiger partial charge is 0.0897 e. The van der Waals surface area contributed by atoms with Gasteiger partial charge in [-0.3, -0.25) is 0 Å². The number of hydrogen-bond acceptors (Lipinski definition) is 4. The van der Waals surface area contributed by atoms with Gasteiger partial charge in [0.1, 0.15) is 0 Å². The molecule has 12 heavy (non-hydrogen) atoms. The van der Waals surface area contributed by atoms with Crippen molar-refractivity contribution in [3.05, 3.63) is 16.1 Å². The molecule has 1 aromatic rings. The molecule has 2 unspecified atom stereocenters. The molecule has 0 amide bonds. The van der Waals surface area contributed by atoms with Crippen LogP contribution in [-0.4, -0.2) is 29.3 Å². The molecule has 1 aromatic heterocycles. The molecule has 0 aromatic carbocycles. The van der Waals surface area contributed by atoms with E-state index in [4.69, 9.17) is 0 Å². The third-order valence-electron chi connectivity index (χ3n) is 2.20. The van der Waals surface area contributed by atoms with E-state index in [1.54, 1.807) is 11.3 Å². The first-order chi connectivity index (χ1) is 5.77. The number of nitrogens with one attached hydrogen (secondary N) is 1. The first-order valence-electron chi connectivity index (χ1n) is 4.08. The van der Waals surface area contributed by atoms with Gasteiger partial charge in [-0.15, -0.1) is 11.3 Å². The first-order valence-corrected chi connectivity index (χ1v) is 4.96. The van der Waals surface area contributed by atoms with E-state index in [1.165, 1.54) is 0 Å². The van der Waals surface area contributed by atoms with Crippen molar-refractivity contribution >= 4 is 11.3 Å². The van der Waals surface area contributed by atoms with Crippen LogP contribution in [-0.2, 0) is 0 Å². The maximum Gasteiger partial charge on any atom is 0.0897 e. The average Bonchev–Trinajstić information content (AvgIpc) is 2.58. The largest absolute Gasteiger partial charge is 0.391 e. The quantitative estimate of drug-likeness (QED) is 0.668. The molecule has 3 nitrogen and oxygen atoms in total. The first kappa shape index (κ1) is 8.16. The van der Waals surface area contributed by atoms with Gasteiger partial charge >= 0.3 is 0 Å². The molecule has 0 saturated carbocycles. The highest BCUT2D eigenvalue weighted by atomic mass is 32.1. The molecular formula is C8H12N2OS. The third kappa shape index (κ3) is 1.37. The van der Waals surface area contributed by atoms with Crippen molar-refractivity contribution in [2.75, 3.05) is 13.1 Å². The molecule has 0 spiro atoms. The van der Waals surface area contributed by atoms with E-state index in [-0.39, 0.29) is 12.0 Å². The van der Waals surface area contributed by atoms with Gasteiger partial charge in [0.15, 0.2) is 0 Å². The van der Waals surface area contributed by atoms with Crippen LogP contribution < -0.4 is 5.32 Å². The van der Waals surface area contributed by atoms with Crippen LogP contribution in [0, 0.1) is 6.92 Å². The fraction of sp³-hybridized carbons (Fsp3) is 0.625. The summed E-state index contributed by atoms with van der Waals surface area (Å²) in [5.41, 5.74) is 1.04. The number of aromatic nitrogens is 1. The second-order valence-corrected chi connectivity index (χ2v) is 4.19. The summed E-state index contributed by atoms with van der Waals surface area (Å²) in [4.78, 5) is 4.36. The second-order valence-electron chi connectivity index (χ2n) is 3.12. The van der Waals surface area contributed by atoms with Crippen molar-refractivity contribution in [1.82, 2.24) is 10.3 Å². The van der Waals surface area contributed by atoms with Gasteiger partial charge in [0.2, 0.25) is 0 Å². The van der Waals surface area contributed by atoms with E-state index in [2.05, 4.69) is 10.3 Å². The standard InChI is InChI=1S/C8H12N2OS/c1-5-10-7(4-12-5)6-2-9-3-8(6)11/h4,6,8-9,11H,2-3H2,1H3. The van der Waals surface area contributed by atoms with Gasteiger partial charge in [-0.25, -0.2) is 4.98 Å². The Morgan fingerprint density at radius 1 is 1.67 bits per heavy atom. The fourth-order valence-corrected chi connectivity index (χ4v) is 2.19. The van der Waals surface area contributed by atoms with Gasteiger partial charge in [-0.1, -0.05) is 0 Å². The Kier molecular flexibility index (Phi) is 2.12. The molecule has 4 heteroatoms. The fourth-order valence-electron chi connectivity index (χ4n) is 1.52. The molecule has 2 rings (SSSR count). The Bertz CT molecular complexity index is 274. The van der Waals surface area contributed by atoms with Crippen molar-refractivity contribution in [2.24, 2.45) is 0 Å². The molecule has 2 N–H and O–H groups in total. The molecule has 0 aliphatic carbocycles. The Morgan fingerprint density at radius 2 is 2.50 bits per heavy atom. The third-order valence-corrected chi connectivity index (χ3v) is 2.99. The number of nitrogens with zero attached hydrogens (tertiary/aromatic N) is 1. The minimum Gasteiger partial charge on any atom is -0.391 e. The summed E-state index contributed by atoms with van der Waals surface area (Å²) in [6, 6.07) is 0. The highest BCUT2D eigenvalue weighted by Gasteiger charge is 2.27. The lowest BCUT2D eigenvalue weighted by Crippen LogP contribution is -2.16. The molecule has 1 fully saturated rings. The molecule has 1 saturated heterocycles. The molecule has 1 aliphatic heterocycles. The van der Waals surface area contributed by atoms with Crippen LogP contribution in [0.5, 0.6) is 0 Å². The van der Waals surface area contributed by atoms with E-state index >= 15 is 0 Å². The Balaban J connectivity index is 2.19. The SMILES string of the molecule is Cc1nc(C2CNCC2O)cs1. The summed E-state index contributed by atoms with van der Waals surface area (Å²) in [6.45, 7) is 3.54. The van der Waals surface area contributed by atoms with E-state index in [9.17, 15) is 5.11 Å². The van der Waals surface area contributed by atoms with Crippen LogP contribution in [0.2, 0.25) is 0 Å². The zero-order chi connectivity index (χ0) is 8.55. The second kappa shape index (κ2) is 3.12. The number of aryl methyl sites for hydroxylation is 1. The monoisotopic (exact) mass is 184 g/mol. The van der Waals surface area contributed by atoms with Crippen LogP contribution in [0.4, 0.5) is 0 Å². The molecule has 2 heterocycles. The summed E-state index contributed by atoms with van der Waals surface area (Å²) in [5, 5.41) is 15.8. The summed E-state index contributed by atoms with van der Waals surface area (Å²) in [5.74, 6) is 0.204. The topological polar surface area (TPSA) is 45.2 Å². The Labute approximate surface area is 75.5 Å². The Morgan fingerprint density at radius 3 is 3.00 bits per heavy atom. The maximum atomic E-state index is 9.55. The van der Waals surface area contributed by atoms with Crippen LogP contribution in [0.15, 0.2) is 5.38 Å². The summed E-state index contributed by atoms with van der Waals surface area (Å²) >= 11 is 1.64. The lowest BCUT2D eigenvalue weighted by atomic mass is 10.0. The highest BCUT2D eigenvalue weighted by Crippen LogP contribution is 2.23. The normalized spacial score (nSPS) is 29.5. The number of hydrogen-bond donors (Lipinski definition) is 2. The Hall–Kier alpha value is -0.450. The minimum atomic E-state index is -0.258. The van der Waals surface area contributed by atoms with Gasteiger partial charge in [-0.2, -0.15) is 0 Å². The summed E-state index contributed by atoms with van der Waals surface area (Å²) in [6.07, 6.45) is -0.258. The predicted octanol–water partition coefficient (Wildman–Crippen LogP) is 0.499. The van der Waals surface area contributed by atoms with Crippen molar-refractivity contribution in [3.8, 4) is 0 Å². The van der Waals surface area contributed by atoms with E-state index in [0.29, 0.717) is 6.54 Å². The van der Waals surface area contributed by atoms with Crippen LogP contribution >= 0.6 is 11.3 Å². The van der Waals surface area contributed by atoms with Gasteiger partial charge in [0.25, 0.3) is 0 Å². The van der Waals surface area contributed by atoms with Crippen LogP contribution in [0.25, 0.3) is 0 Å². The maximum absolute atomic E-state index is 9.55. The van der Waals surface area contributed by atoms with Gasteiger partial charge < -0.3 is 10.4 Å². The summed E-state index contributed by atoms with van der Waals surface area (Å²) in [7, 11) is 0. The minimum absolute atomic E-state index is 0.204. The zero-order valence-corrected chi connectivity index (χ0v) is 7.77. The zero-order valence-electron chi connectivity index (χ0n) is 6.95. The van der Waals surface area contributed by atoms with E-state index in [1.807, 2.05) is 12.3 Å². The highest BCUT2D eigenvalue weighted by molar-refractivity contribution is 7.09. The number of aliphatic hydroxyl groups is 1. The van der Waals surface area contributed by atoms with Gasteiger partial charge in [0.05, 0.1) is 16.8 Å². The van der Waals surface area contributed by atoms with Gasteiger partial charge in [-0.05, 0) is 6.92 Å². The lowest BCUT2D eigenvalue weighted by molar-refractivity contribution is 0.176. The molecule has 2 atom stereocenters. The molecular weight excluding hydrogens is 172 g/mol. The number of thiazole rings is 1. The molecule has 0 radical (unpaired) electrons. The van der Waals surface area contributed by atoms with Crippen LogP contribution in [0.1, 0.15) is 16.6 Å². The number of β-amino-alcohol motifs (C(OH)–C–C–N with tert-alkyl or cyclic N) is 1. The van der Waals surface area contributed by atoms with Crippen molar-refractivity contribution in [1.29, 1.82) is 0 Å². The van der Waals surface area contributed by atoms with Crippen LogP contribution in [0.3, 0.4) is 0 Å².